The molecule has 2 N–H and O–H groups in total. The third-order valence-corrected chi connectivity index (χ3v) is 3.90. The van der Waals surface area contributed by atoms with Crippen LogP contribution in [0.15, 0.2) is 41.5 Å². The molecule has 0 saturated carbocycles. The lowest BCUT2D eigenvalue weighted by molar-refractivity contribution is 0.409. The normalized spacial score (nSPS) is 11.3. The van der Waals surface area contributed by atoms with Gasteiger partial charge in [0, 0.05) is 19.3 Å². The third kappa shape index (κ3) is 6.27. The monoisotopic (exact) mass is 360 g/mol. The first kappa shape index (κ1) is 19.1. The maximum absolute atomic E-state index is 5.80. The highest BCUT2D eigenvalue weighted by molar-refractivity contribution is 6.29. The van der Waals surface area contributed by atoms with Crippen LogP contribution < -0.4 is 15.4 Å². The Labute approximate surface area is 154 Å². The van der Waals surface area contributed by atoms with E-state index in [1.54, 1.807) is 19.4 Å². The van der Waals surface area contributed by atoms with E-state index in [9.17, 15) is 0 Å². The van der Waals surface area contributed by atoms with Crippen molar-refractivity contribution in [3.63, 3.8) is 0 Å². The van der Waals surface area contributed by atoms with Gasteiger partial charge in [0.2, 0.25) is 0 Å². The Kier molecular flexibility index (Phi) is 7.54. The Bertz CT molecular complexity index is 701. The highest BCUT2D eigenvalue weighted by atomic mass is 35.5. The minimum atomic E-state index is 0.491. The van der Waals surface area contributed by atoms with Crippen molar-refractivity contribution in [1.29, 1.82) is 0 Å². The number of pyridine rings is 1. The van der Waals surface area contributed by atoms with E-state index < -0.39 is 0 Å². The Balaban J connectivity index is 1.94. The van der Waals surface area contributed by atoms with E-state index in [-0.39, 0.29) is 0 Å². The van der Waals surface area contributed by atoms with E-state index in [2.05, 4.69) is 39.7 Å². The van der Waals surface area contributed by atoms with Crippen molar-refractivity contribution in [1.82, 2.24) is 15.6 Å². The molecule has 2 aromatic rings. The van der Waals surface area contributed by atoms with Crippen molar-refractivity contribution in [2.45, 2.75) is 26.8 Å². The Morgan fingerprint density at radius 3 is 2.76 bits per heavy atom. The van der Waals surface area contributed by atoms with Gasteiger partial charge < -0.3 is 15.4 Å². The Hall–Kier alpha value is -2.27. The van der Waals surface area contributed by atoms with Crippen LogP contribution in [-0.2, 0) is 13.0 Å². The summed E-state index contributed by atoms with van der Waals surface area (Å²) in [5.74, 6) is 1.70. The average molecular weight is 361 g/mol. The Morgan fingerprint density at radius 1 is 1.24 bits per heavy atom. The van der Waals surface area contributed by atoms with Crippen LogP contribution in [-0.4, -0.2) is 31.1 Å². The van der Waals surface area contributed by atoms with Gasteiger partial charge >= 0.3 is 0 Å². The fraction of sp³-hybridized carbons (Fsp3) is 0.368. The molecule has 0 aliphatic carbocycles. The molecule has 1 heterocycles. The number of methoxy groups -OCH3 is 1. The van der Waals surface area contributed by atoms with Gasteiger partial charge in [-0.1, -0.05) is 35.4 Å². The molecule has 134 valence electrons. The molecule has 25 heavy (non-hydrogen) atoms. The fourth-order valence-corrected chi connectivity index (χ4v) is 2.54. The molecule has 0 bridgehead atoms. The van der Waals surface area contributed by atoms with Gasteiger partial charge in [-0.3, -0.25) is 0 Å². The molecular formula is C19H25ClN4O. The van der Waals surface area contributed by atoms with Crippen LogP contribution in [0.1, 0.15) is 23.6 Å². The van der Waals surface area contributed by atoms with Gasteiger partial charge in [0.15, 0.2) is 5.96 Å². The number of aromatic nitrogens is 1. The number of hydrogen-bond acceptors (Lipinski definition) is 3. The maximum atomic E-state index is 5.80. The number of hydrogen-bond donors (Lipinski definition) is 2. The quantitative estimate of drug-likeness (QED) is 0.451. The maximum Gasteiger partial charge on any atom is 0.191 e. The highest BCUT2D eigenvalue weighted by Gasteiger charge is 2.04. The summed E-state index contributed by atoms with van der Waals surface area (Å²) in [4.78, 5) is 8.66. The smallest absolute Gasteiger partial charge is 0.191 e. The molecule has 0 unspecified atom stereocenters. The topological polar surface area (TPSA) is 58.5 Å². The summed E-state index contributed by atoms with van der Waals surface area (Å²) in [6.45, 7) is 6.25. The van der Waals surface area contributed by atoms with E-state index in [1.807, 2.05) is 19.1 Å². The summed E-state index contributed by atoms with van der Waals surface area (Å²) in [6, 6.07) is 9.93. The lowest BCUT2D eigenvalue weighted by atomic mass is 10.1. The van der Waals surface area contributed by atoms with Crippen LogP contribution in [0.25, 0.3) is 0 Å². The molecule has 6 heteroatoms. The number of benzene rings is 1. The van der Waals surface area contributed by atoms with Crippen molar-refractivity contribution in [2.75, 3.05) is 20.2 Å². The zero-order chi connectivity index (χ0) is 18.1. The van der Waals surface area contributed by atoms with Gasteiger partial charge in [-0.05, 0) is 43.5 Å². The second-order valence-corrected chi connectivity index (χ2v) is 6.06. The van der Waals surface area contributed by atoms with Gasteiger partial charge in [0.05, 0.1) is 13.7 Å². The highest BCUT2D eigenvalue weighted by Crippen LogP contribution is 2.19. The second-order valence-electron chi connectivity index (χ2n) is 5.68. The first-order valence-electron chi connectivity index (χ1n) is 8.38. The van der Waals surface area contributed by atoms with Crippen molar-refractivity contribution >= 4 is 17.6 Å². The molecule has 0 aliphatic heterocycles. The van der Waals surface area contributed by atoms with Crippen LogP contribution in [0.2, 0.25) is 5.15 Å². The zero-order valence-corrected chi connectivity index (χ0v) is 15.7. The molecule has 1 aromatic carbocycles. The number of aryl methyl sites for hydroxylation is 1. The zero-order valence-electron chi connectivity index (χ0n) is 15.0. The lowest BCUT2D eigenvalue weighted by Crippen LogP contribution is -2.38. The summed E-state index contributed by atoms with van der Waals surface area (Å²) in [7, 11) is 1.70. The number of guanidine groups is 1. The first-order valence-corrected chi connectivity index (χ1v) is 8.76. The van der Waals surface area contributed by atoms with Crippen LogP contribution in [0.3, 0.4) is 0 Å². The summed E-state index contributed by atoms with van der Waals surface area (Å²) in [6.07, 6.45) is 2.60. The molecule has 0 atom stereocenters. The number of nitrogens with zero attached hydrogens (tertiary/aromatic N) is 2. The van der Waals surface area contributed by atoms with Gasteiger partial charge in [-0.2, -0.15) is 0 Å². The van der Waals surface area contributed by atoms with Crippen LogP contribution in [0, 0.1) is 6.92 Å². The molecule has 2 rings (SSSR count). The minimum Gasteiger partial charge on any atom is -0.496 e. The fourth-order valence-electron chi connectivity index (χ4n) is 2.43. The van der Waals surface area contributed by atoms with Gasteiger partial charge in [-0.25, -0.2) is 9.98 Å². The SMILES string of the molecule is CCNC(=NCc1ccc(Cl)nc1)NCCc1cc(C)ccc1OC. The molecule has 0 amide bonds. The molecule has 0 radical (unpaired) electrons. The summed E-state index contributed by atoms with van der Waals surface area (Å²) < 4.78 is 5.43. The van der Waals surface area contributed by atoms with Gasteiger partial charge in [0.1, 0.15) is 10.9 Å². The molecule has 1 aromatic heterocycles. The van der Waals surface area contributed by atoms with Crippen LogP contribution in [0.4, 0.5) is 0 Å². The predicted molar refractivity (Wildman–Crippen MR) is 104 cm³/mol. The molecule has 0 saturated heterocycles. The third-order valence-electron chi connectivity index (χ3n) is 3.68. The number of halogens is 1. The van der Waals surface area contributed by atoms with E-state index >= 15 is 0 Å². The van der Waals surface area contributed by atoms with E-state index in [4.69, 9.17) is 16.3 Å². The predicted octanol–water partition coefficient (Wildman–Crippen LogP) is 3.35. The first-order chi connectivity index (χ1) is 12.1. The van der Waals surface area contributed by atoms with Crippen molar-refractivity contribution in [2.24, 2.45) is 4.99 Å². The number of ether oxygens (including phenoxy) is 1. The molecular weight excluding hydrogens is 336 g/mol. The van der Waals surface area contributed by atoms with Crippen molar-refractivity contribution in [3.05, 3.63) is 58.4 Å². The van der Waals surface area contributed by atoms with E-state index in [1.165, 1.54) is 11.1 Å². The molecule has 0 fully saturated rings. The van der Waals surface area contributed by atoms with Crippen molar-refractivity contribution in [3.8, 4) is 5.75 Å². The van der Waals surface area contributed by atoms with E-state index in [0.29, 0.717) is 11.7 Å². The minimum absolute atomic E-state index is 0.491. The second kappa shape index (κ2) is 9.89. The lowest BCUT2D eigenvalue weighted by Gasteiger charge is -2.13. The Morgan fingerprint density at radius 2 is 2.08 bits per heavy atom. The van der Waals surface area contributed by atoms with Crippen LogP contribution >= 0.6 is 11.6 Å². The standard InChI is InChI=1S/C19H25ClN4O/c1-4-21-19(24-13-15-6-8-18(20)23-12-15)22-10-9-16-11-14(2)5-7-17(16)25-3/h5-8,11-12H,4,9-10,13H2,1-3H3,(H2,21,22,24). The van der Waals surface area contributed by atoms with Crippen molar-refractivity contribution < 1.29 is 4.74 Å². The summed E-state index contributed by atoms with van der Waals surface area (Å²) in [5, 5.41) is 7.10. The van der Waals surface area contributed by atoms with Crippen LogP contribution in [0.5, 0.6) is 5.75 Å². The summed E-state index contributed by atoms with van der Waals surface area (Å²) >= 11 is 5.80. The summed E-state index contributed by atoms with van der Waals surface area (Å²) in [5.41, 5.74) is 3.43. The van der Waals surface area contributed by atoms with Gasteiger partial charge in [0.25, 0.3) is 0 Å². The number of aliphatic imine (C=N–C) groups is 1. The molecule has 0 spiro atoms. The number of nitrogens with one attached hydrogen (secondary N) is 2. The largest absolute Gasteiger partial charge is 0.496 e. The van der Waals surface area contributed by atoms with Gasteiger partial charge in [-0.15, -0.1) is 0 Å². The molecule has 0 aliphatic rings. The number of rotatable bonds is 7. The molecule has 5 nitrogen and oxygen atoms in total. The van der Waals surface area contributed by atoms with E-state index in [0.717, 1.165) is 36.8 Å². The average Bonchev–Trinajstić information content (AvgIpc) is 2.61.